The molecule has 3 aromatic carbocycles. The molecule has 0 spiro atoms. The van der Waals surface area contributed by atoms with E-state index in [4.69, 9.17) is 11.6 Å². The molecular weight excluding hydrogens is 450 g/mol. The van der Waals surface area contributed by atoms with Crippen molar-refractivity contribution in [1.29, 1.82) is 0 Å². The van der Waals surface area contributed by atoms with Gasteiger partial charge >= 0.3 is 0 Å². The second-order valence-electron chi connectivity index (χ2n) is 8.43. The lowest BCUT2D eigenvalue weighted by Crippen LogP contribution is -2.10. The summed E-state index contributed by atoms with van der Waals surface area (Å²) in [5.74, 6) is -0.516. The summed E-state index contributed by atoms with van der Waals surface area (Å²) in [5, 5.41) is 0.296. The van der Waals surface area contributed by atoms with Crippen molar-refractivity contribution in [3.63, 3.8) is 0 Å². The van der Waals surface area contributed by atoms with Crippen LogP contribution in [0.5, 0.6) is 0 Å². The topological polar surface area (TPSA) is 17.1 Å². The standard InChI is InChI=1S/C30H25ClF2O/c1-3-23(25-15-14-22(32)18-28(25)31)29(21-12-10-20(11-13-21)7-6-16-34)27-17-19(2)24-8-4-5-9-26(24)30(27)33/h4-16,18-19H,3,17H2,1-2H3/b7-6+,29-23+. The van der Waals surface area contributed by atoms with Crippen LogP contribution < -0.4 is 0 Å². The molecule has 0 fully saturated rings. The third-order valence-electron chi connectivity index (χ3n) is 6.28. The van der Waals surface area contributed by atoms with E-state index in [0.717, 1.165) is 34.1 Å². The maximum atomic E-state index is 16.1. The van der Waals surface area contributed by atoms with E-state index >= 15 is 4.39 Å². The maximum Gasteiger partial charge on any atom is 0.142 e. The first-order valence-electron chi connectivity index (χ1n) is 11.3. The third-order valence-corrected chi connectivity index (χ3v) is 6.60. The first-order chi connectivity index (χ1) is 16.4. The van der Waals surface area contributed by atoms with Crippen LogP contribution in [-0.4, -0.2) is 6.29 Å². The van der Waals surface area contributed by atoms with Crippen LogP contribution in [0.25, 0.3) is 23.0 Å². The summed E-state index contributed by atoms with van der Waals surface area (Å²) in [6, 6.07) is 19.6. The monoisotopic (exact) mass is 474 g/mol. The summed E-state index contributed by atoms with van der Waals surface area (Å²) in [5.41, 5.74) is 6.27. The van der Waals surface area contributed by atoms with E-state index < -0.39 is 5.82 Å². The predicted octanol–water partition coefficient (Wildman–Crippen LogP) is 8.90. The van der Waals surface area contributed by atoms with Gasteiger partial charge in [0.1, 0.15) is 17.9 Å². The summed E-state index contributed by atoms with van der Waals surface area (Å²) in [4.78, 5) is 10.7. The largest absolute Gasteiger partial charge is 0.299 e. The van der Waals surface area contributed by atoms with Crippen molar-refractivity contribution in [1.82, 2.24) is 0 Å². The van der Waals surface area contributed by atoms with E-state index in [0.29, 0.717) is 34.6 Å². The predicted molar refractivity (Wildman–Crippen MR) is 138 cm³/mol. The highest BCUT2D eigenvalue weighted by Crippen LogP contribution is 2.47. The van der Waals surface area contributed by atoms with Gasteiger partial charge in [0.2, 0.25) is 0 Å². The van der Waals surface area contributed by atoms with Crippen molar-refractivity contribution in [3.05, 3.63) is 117 Å². The Hall–Kier alpha value is -3.30. The quantitative estimate of drug-likeness (QED) is 0.198. The molecule has 0 radical (unpaired) electrons. The number of halogens is 3. The van der Waals surface area contributed by atoms with Crippen LogP contribution in [0.3, 0.4) is 0 Å². The van der Waals surface area contributed by atoms with Gasteiger partial charge in [-0.3, -0.25) is 4.79 Å². The van der Waals surface area contributed by atoms with Gasteiger partial charge < -0.3 is 0 Å². The van der Waals surface area contributed by atoms with E-state index in [2.05, 4.69) is 6.92 Å². The molecule has 0 bridgehead atoms. The zero-order chi connectivity index (χ0) is 24.2. The molecule has 0 heterocycles. The zero-order valence-electron chi connectivity index (χ0n) is 19.1. The van der Waals surface area contributed by atoms with Crippen LogP contribution in [0, 0.1) is 5.82 Å². The van der Waals surface area contributed by atoms with Gasteiger partial charge in [-0.05, 0) is 75.9 Å². The second kappa shape index (κ2) is 10.3. The van der Waals surface area contributed by atoms with Gasteiger partial charge in [-0.15, -0.1) is 0 Å². The van der Waals surface area contributed by atoms with Crippen LogP contribution in [0.15, 0.2) is 78.4 Å². The van der Waals surface area contributed by atoms with Gasteiger partial charge in [-0.2, -0.15) is 0 Å². The summed E-state index contributed by atoms with van der Waals surface area (Å²) in [7, 11) is 0. The van der Waals surface area contributed by atoms with E-state index in [9.17, 15) is 9.18 Å². The Morgan fingerprint density at radius 1 is 1.06 bits per heavy atom. The molecule has 0 aliphatic heterocycles. The molecular formula is C30H25ClF2O. The summed E-state index contributed by atoms with van der Waals surface area (Å²) < 4.78 is 29.9. The second-order valence-corrected chi connectivity index (χ2v) is 8.84. The number of carbonyl (C=O) groups is 1. The Morgan fingerprint density at radius 3 is 2.47 bits per heavy atom. The molecule has 4 rings (SSSR count). The van der Waals surface area contributed by atoms with Gasteiger partial charge in [-0.25, -0.2) is 8.78 Å². The smallest absolute Gasteiger partial charge is 0.142 e. The van der Waals surface area contributed by atoms with Crippen LogP contribution in [-0.2, 0) is 4.79 Å². The molecule has 1 aliphatic rings. The van der Waals surface area contributed by atoms with Crippen molar-refractivity contribution < 1.29 is 13.6 Å². The highest BCUT2D eigenvalue weighted by Gasteiger charge is 2.28. The van der Waals surface area contributed by atoms with Crippen molar-refractivity contribution in [3.8, 4) is 0 Å². The van der Waals surface area contributed by atoms with Gasteiger partial charge in [0.25, 0.3) is 0 Å². The fourth-order valence-electron chi connectivity index (χ4n) is 4.68. The minimum Gasteiger partial charge on any atom is -0.299 e. The number of rotatable bonds is 6. The SMILES string of the molecule is CC/C(=C(\C1=C(F)c2ccccc2C(C)C1)c1ccc(/C=C/C=O)cc1)c1ccc(F)cc1Cl. The molecule has 1 nitrogen and oxygen atoms in total. The molecule has 1 unspecified atom stereocenters. The van der Waals surface area contributed by atoms with E-state index in [-0.39, 0.29) is 11.7 Å². The maximum absolute atomic E-state index is 16.1. The van der Waals surface area contributed by atoms with Gasteiger partial charge in [0.05, 0.1) is 5.02 Å². The molecule has 34 heavy (non-hydrogen) atoms. The number of fused-ring (bicyclic) bond motifs is 1. The summed E-state index contributed by atoms with van der Waals surface area (Å²) >= 11 is 6.48. The zero-order valence-corrected chi connectivity index (χ0v) is 19.9. The van der Waals surface area contributed by atoms with Crippen LogP contribution in [0.4, 0.5) is 8.78 Å². The Bertz CT molecular complexity index is 1320. The number of carbonyl (C=O) groups excluding carboxylic acids is 1. The van der Waals surface area contributed by atoms with Gasteiger partial charge in [-0.1, -0.05) is 86.1 Å². The average molecular weight is 475 g/mol. The van der Waals surface area contributed by atoms with E-state index in [1.54, 1.807) is 12.1 Å². The lowest BCUT2D eigenvalue weighted by atomic mass is 9.77. The van der Waals surface area contributed by atoms with Crippen molar-refractivity contribution in [2.75, 3.05) is 0 Å². The van der Waals surface area contributed by atoms with E-state index in [1.807, 2.05) is 55.5 Å². The number of hydrogen-bond donors (Lipinski definition) is 0. The molecule has 1 atom stereocenters. The molecule has 0 amide bonds. The highest BCUT2D eigenvalue weighted by atomic mass is 35.5. The molecule has 0 saturated heterocycles. The first-order valence-corrected chi connectivity index (χ1v) is 11.7. The average Bonchev–Trinajstić information content (AvgIpc) is 2.85. The third kappa shape index (κ3) is 4.67. The van der Waals surface area contributed by atoms with Crippen LogP contribution in [0.1, 0.15) is 60.4 Å². The molecule has 0 N–H and O–H groups in total. The number of aldehydes is 1. The van der Waals surface area contributed by atoms with Crippen molar-refractivity contribution in [2.24, 2.45) is 0 Å². The number of allylic oxidation sites excluding steroid dienone is 4. The molecule has 0 aromatic heterocycles. The lowest BCUT2D eigenvalue weighted by molar-refractivity contribution is -0.104. The Morgan fingerprint density at radius 2 is 1.79 bits per heavy atom. The minimum absolute atomic E-state index is 0.136. The minimum atomic E-state index is -0.414. The van der Waals surface area contributed by atoms with Crippen LogP contribution in [0.2, 0.25) is 5.02 Å². The van der Waals surface area contributed by atoms with Gasteiger partial charge in [0.15, 0.2) is 0 Å². The molecule has 4 heteroatoms. The lowest BCUT2D eigenvalue weighted by Gasteiger charge is -2.28. The Labute approximate surface area is 204 Å². The number of hydrogen-bond acceptors (Lipinski definition) is 1. The van der Waals surface area contributed by atoms with E-state index in [1.165, 1.54) is 18.2 Å². The van der Waals surface area contributed by atoms with Crippen LogP contribution >= 0.6 is 11.6 Å². The molecule has 1 aliphatic carbocycles. The van der Waals surface area contributed by atoms with Crippen molar-refractivity contribution >= 4 is 40.9 Å². The normalized spacial score (nSPS) is 16.4. The molecule has 3 aromatic rings. The Kier molecular flexibility index (Phi) is 7.23. The first kappa shape index (κ1) is 23.8. The molecule has 172 valence electrons. The fraction of sp³-hybridized carbons (Fsp3) is 0.167. The highest BCUT2D eigenvalue weighted by molar-refractivity contribution is 6.32. The Balaban J connectivity index is 2.00. The van der Waals surface area contributed by atoms with Gasteiger partial charge in [0, 0.05) is 5.56 Å². The fourth-order valence-corrected chi connectivity index (χ4v) is 4.97. The summed E-state index contributed by atoms with van der Waals surface area (Å²) in [6.45, 7) is 4.10. The number of benzene rings is 3. The van der Waals surface area contributed by atoms with Crippen molar-refractivity contribution in [2.45, 2.75) is 32.6 Å². The summed E-state index contributed by atoms with van der Waals surface area (Å²) in [6.07, 6.45) is 5.00. The molecule has 0 saturated carbocycles.